The Morgan fingerprint density at radius 3 is 2.41 bits per heavy atom. The third-order valence-electron chi connectivity index (χ3n) is 6.27. The molecule has 1 saturated carbocycles. The molecule has 0 bridgehead atoms. The fourth-order valence-corrected chi connectivity index (χ4v) is 3.72. The summed E-state index contributed by atoms with van der Waals surface area (Å²) in [5, 5.41) is 12.7. The van der Waals surface area contributed by atoms with E-state index in [9.17, 15) is 9.59 Å². The minimum absolute atomic E-state index is 0.00599. The number of carbonyl (C=O) groups is 3. The highest BCUT2D eigenvalue weighted by Crippen LogP contribution is 2.42. The molecule has 0 radical (unpaired) electrons. The van der Waals surface area contributed by atoms with Crippen LogP contribution in [0.2, 0.25) is 0 Å². The van der Waals surface area contributed by atoms with Gasteiger partial charge in [0, 0.05) is 18.5 Å². The molecule has 0 aromatic heterocycles. The van der Waals surface area contributed by atoms with Gasteiger partial charge in [0.2, 0.25) is 0 Å². The zero-order chi connectivity index (χ0) is 27.8. The number of benzene rings is 1. The number of rotatable bonds is 11. The van der Waals surface area contributed by atoms with Gasteiger partial charge in [-0.2, -0.15) is 5.10 Å². The molecule has 1 amide bonds. The normalized spacial score (nSPS) is 14.9. The van der Waals surface area contributed by atoms with E-state index < -0.39 is 5.97 Å². The average Bonchev–Trinajstić information content (AvgIpc) is 3.63. The number of carboxylic acids is 1. The number of unbranched alkanes of at least 4 members (excludes halogenated alkanes) is 3. The van der Waals surface area contributed by atoms with Crippen LogP contribution >= 0.6 is 0 Å². The highest BCUT2D eigenvalue weighted by atomic mass is 16.5. The number of hydrogen-bond acceptors (Lipinski definition) is 6. The molecule has 0 unspecified atom stereocenters. The van der Waals surface area contributed by atoms with Gasteiger partial charge in [-0.25, -0.2) is 4.79 Å². The minimum Gasteiger partial charge on any atom is -0.497 e. The van der Waals surface area contributed by atoms with Gasteiger partial charge in [-0.1, -0.05) is 65.0 Å². The summed E-state index contributed by atoms with van der Waals surface area (Å²) in [5.74, 6) is 0.395. The Kier molecular flexibility index (Phi) is 14.3. The van der Waals surface area contributed by atoms with Crippen LogP contribution in [-0.2, 0) is 20.9 Å². The molecular formula is C29H45N3O5. The Bertz CT molecular complexity index is 935. The number of amides is 1. The number of nitrogens with zero attached hydrogens (tertiary/aromatic N) is 2. The van der Waals surface area contributed by atoms with Crippen molar-refractivity contribution < 1.29 is 24.2 Å². The molecule has 0 spiro atoms. The first-order chi connectivity index (χ1) is 17.6. The maximum Gasteiger partial charge on any atom is 0.352 e. The topological polar surface area (TPSA) is 108 Å². The molecule has 0 atom stereocenters. The van der Waals surface area contributed by atoms with Crippen LogP contribution in [0, 0.1) is 5.92 Å². The van der Waals surface area contributed by atoms with Crippen molar-refractivity contribution in [1.29, 1.82) is 0 Å². The van der Waals surface area contributed by atoms with Gasteiger partial charge in [0.25, 0.3) is 5.91 Å². The van der Waals surface area contributed by atoms with Crippen LogP contribution in [0.25, 0.3) is 0 Å². The minimum atomic E-state index is -1.09. The number of carbonyl (C=O) groups excluding carboxylic acids is 2. The van der Waals surface area contributed by atoms with Gasteiger partial charge in [0.1, 0.15) is 23.4 Å². The van der Waals surface area contributed by atoms with Gasteiger partial charge in [-0.15, -0.1) is 0 Å². The van der Waals surface area contributed by atoms with Crippen molar-refractivity contribution in [2.24, 2.45) is 11.0 Å². The molecule has 1 aliphatic carbocycles. The van der Waals surface area contributed by atoms with E-state index in [0.717, 1.165) is 36.4 Å². The van der Waals surface area contributed by atoms with Crippen molar-refractivity contribution in [2.75, 3.05) is 7.11 Å². The van der Waals surface area contributed by atoms with E-state index in [1.807, 2.05) is 29.2 Å². The number of methoxy groups -OCH3 is 1. The Morgan fingerprint density at radius 1 is 1.24 bits per heavy atom. The molecule has 2 aliphatic rings. The Labute approximate surface area is 222 Å². The molecule has 37 heavy (non-hydrogen) atoms. The van der Waals surface area contributed by atoms with E-state index in [1.54, 1.807) is 13.2 Å². The lowest BCUT2D eigenvalue weighted by atomic mass is 10.1. The molecular weight excluding hydrogens is 470 g/mol. The second-order valence-electron chi connectivity index (χ2n) is 10.0. The fraction of sp³-hybridized carbons (Fsp3) is 0.586. The summed E-state index contributed by atoms with van der Waals surface area (Å²) >= 11 is 0. The first-order valence-electron chi connectivity index (χ1n) is 13.2. The summed E-state index contributed by atoms with van der Waals surface area (Å²) in [6, 6.07) is 7.63. The number of ether oxygens (including phenoxy) is 1. The average molecular weight is 516 g/mol. The number of hydrazone groups is 1. The lowest BCUT2D eigenvalue weighted by molar-refractivity contribution is -0.131. The van der Waals surface area contributed by atoms with Gasteiger partial charge >= 0.3 is 5.97 Å². The molecule has 3 rings (SSSR count). The van der Waals surface area contributed by atoms with E-state index in [0.29, 0.717) is 12.2 Å². The standard InChI is InChI=1S/C18H21N3O4.C9H20.C2H4O/c1-18(8-9-18)21(11-12-4-3-5-13(10-12)25-2)16(22)14-6-7-15(17(23)24)20-19-14;1-4-5-6-7-8-9(2)3;1-2-3/h3-6,10,19H,7-9,11H2,1-2H3,(H,23,24);9H,4-8H2,1-3H3;2H,1H3. The van der Waals surface area contributed by atoms with E-state index in [-0.39, 0.29) is 23.6 Å². The second-order valence-corrected chi connectivity index (χ2v) is 10.0. The molecule has 8 nitrogen and oxygen atoms in total. The first-order valence-corrected chi connectivity index (χ1v) is 13.2. The van der Waals surface area contributed by atoms with Crippen molar-refractivity contribution >= 4 is 23.9 Å². The van der Waals surface area contributed by atoms with Crippen LogP contribution in [-0.4, -0.2) is 46.5 Å². The number of allylic oxidation sites excluding steroid dienone is 1. The van der Waals surface area contributed by atoms with Gasteiger partial charge < -0.3 is 19.5 Å². The van der Waals surface area contributed by atoms with Crippen LogP contribution in [0.1, 0.15) is 91.5 Å². The summed E-state index contributed by atoms with van der Waals surface area (Å²) in [6.07, 6.45) is 11.4. The number of nitrogens with one attached hydrogen (secondary N) is 1. The van der Waals surface area contributed by atoms with E-state index >= 15 is 0 Å². The molecule has 1 aromatic carbocycles. The molecule has 2 N–H and O–H groups in total. The van der Waals surface area contributed by atoms with Gasteiger partial charge in [0.05, 0.1) is 7.11 Å². The number of aliphatic carboxylic acids is 1. The second kappa shape index (κ2) is 16.6. The van der Waals surface area contributed by atoms with Crippen molar-refractivity contribution in [3.63, 3.8) is 0 Å². The maximum atomic E-state index is 13.0. The molecule has 1 aliphatic heterocycles. The van der Waals surface area contributed by atoms with Gasteiger partial charge in [-0.05, 0) is 56.4 Å². The van der Waals surface area contributed by atoms with Crippen LogP contribution in [0.3, 0.4) is 0 Å². The number of carboxylic acid groups (broad SMARTS) is 1. The van der Waals surface area contributed by atoms with E-state index in [1.165, 1.54) is 39.0 Å². The predicted octanol–water partition coefficient (Wildman–Crippen LogP) is 5.71. The van der Waals surface area contributed by atoms with Crippen LogP contribution < -0.4 is 10.2 Å². The van der Waals surface area contributed by atoms with Gasteiger partial charge in [-0.3, -0.25) is 10.2 Å². The van der Waals surface area contributed by atoms with Crippen LogP contribution in [0.5, 0.6) is 5.75 Å². The third kappa shape index (κ3) is 11.6. The van der Waals surface area contributed by atoms with Crippen molar-refractivity contribution in [1.82, 2.24) is 10.3 Å². The molecule has 1 heterocycles. The van der Waals surface area contributed by atoms with E-state index in [2.05, 4.69) is 38.2 Å². The monoisotopic (exact) mass is 515 g/mol. The zero-order valence-electron chi connectivity index (χ0n) is 23.4. The van der Waals surface area contributed by atoms with Crippen LogP contribution in [0.4, 0.5) is 0 Å². The van der Waals surface area contributed by atoms with Crippen molar-refractivity contribution in [3.8, 4) is 5.75 Å². The fourth-order valence-electron chi connectivity index (χ4n) is 3.72. The summed E-state index contributed by atoms with van der Waals surface area (Å²) in [5.41, 5.74) is 3.70. The lowest BCUT2D eigenvalue weighted by Gasteiger charge is -2.31. The third-order valence-corrected chi connectivity index (χ3v) is 6.27. The number of aldehydes is 1. The first kappa shape index (κ1) is 31.9. The Hall–Kier alpha value is -3.16. The Balaban J connectivity index is 0.000000480. The van der Waals surface area contributed by atoms with Gasteiger partial charge in [0.15, 0.2) is 0 Å². The predicted molar refractivity (Wildman–Crippen MR) is 147 cm³/mol. The zero-order valence-corrected chi connectivity index (χ0v) is 23.4. The summed E-state index contributed by atoms with van der Waals surface area (Å²) in [6.45, 7) is 10.8. The Morgan fingerprint density at radius 2 is 1.92 bits per heavy atom. The summed E-state index contributed by atoms with van der Waals surface area (Å²) in [4.78, 5) is 34.5. The number of hydrogen-bond donors (Lipinski definition) is 2. The highest BCUT2D eigenvalue weighted by Gasteiger charge is 2.46. The van der Waals surface area contributed by atoms with Crippen molar-refractivity contribution in [2.45, 2.75) is 98.1 Å². The van der Waals surface area contributed by atoms with Crippen molar-refractivity contribution in [3.05, 3.63) is 41.6 Å². The molecule has 206 valence electrons. The summed E-state index contributed by atoms with van der Waals surface area (Å²) in [7, 11) is 1.61. The molecule has 1 fully saturated rings. The van der Waals surface area contributed by atoms with E-state index in [4.69, 9.17) is 14.6 Å². The summed E-state index contributed by atoms with van der Waals surface area (Å²) < 4.78 is 5.25. The largest absolute Gasteiger partial charge is 0.497 e. The molecule has 8 heteroatoms. The van der Waals surface area contributed by atoms with Crippen LogP contribution in [0.15, 0.2) is 41.1 Å². The quantitative estimate of drug-likeness (QED) is 0.289. The SMILES string of the molecule is CC=O.CCCCCCC(C)C.COc1cccc(CN(C(=O)C2=CCC(C(=O)O)=NN2)C2(C)CC2)c1. The smallest absolute Gasteiger partial charge is 0.352 e. The molecule has 0 saturated heterocycles. The molecule has 1 aromatic rings. The lowest BCUT2D eigenvalue weighted by Crippen LogP contribution is -2.43. The maximum absolute atomic E-state index is 13.0. The highest BCUT2D eigenvalue weighted by molar-refractivity contribution is 6.36.